The van der Waals surface area contributed by atoms with E-state index in [1.807, 2.05) is 36.1 Å². The smallest absolute Gasteiger partial charge is 0.228 e. The second kappa shape index (κ2) is 7.44. The number of nitrogens with one attached hydrogen (secondary N) is 1. The van der Waals surface area contributed by atoms with Crippen molar-refractivity contribution in [3.63, 3.8) is 0 Å². The average molecular weight is 442 g/mol. The first-order valence-electron chi connectivity index (χ1n) is 11.1. The molecule has 0 radical (unpaired) electrons. The molecule has 2 aliphatic heterocycles. The van der Waals surface area contributed by atoms with Gasteiger partial charge >= 0.3 is 0 Å². The Kier molecular flexibility index (Phi) is 4.29. The minimum atomic E-state index is -3.42. The van der Waals surface area contributed by atoms with Gasteiger partial charge in [0.15, 0.2) is 9.84 Å². The molecule has 1 saturated heterocycles. The van der Waals surface area contributed by atoms with Gasteiger partial charge in [-0.3, -0.25) is 0 Å². The van der Waals surface area contributed by atoms with Crippen LogP contribution >= 0.6 is 0 Å². The molecule has 0 aliphatic carbocycles. The van der Waals surface area contributed by atoms with E-state index in [2.05, 4.69) is 10.3 Å². The highest BCUT2D eigenvalue weighted by atomic mass is 32.2. The number of hydrogen-bond donors (Lipinski definition) is 2. The summed E-state index contributed by atoms with van der Waals surface area (Å²) >= 11 is 0. The summed E-state index contributed by atoms with van der Waals surface area (Å²) in [5.41, 5.74) is 7.31. The van der Waals surface area contributed by atoms with Crippen molar-refractivity contribution in [2.75, 3.05) is 42.2 Å². The van der Waals surface area contributed by atoms with Crippen molar-refractivity contribution in [1.82, 2.24) is 9.97 Å². The van der Waals surface area contributed by atoms with Gasteiger partial charge in [-0.2, -0.15) is 4.98 Å². The van der Waals surface area contributed by atoms with E-state index in [-0.39, 0.29) is 25.5 Å². The van der Waals surface area contributed by atoms with Gasteiger partial charge in [-0.25, -0.2) is 13.4 Å². The molecular weight excluding hydrogens is 414 g/mol. The highest BCUT2D eigenvalue weighted by molar-refractivity contribution is 7.91. The van der Waals surface area contributed by atoms with Crippen LogP contribution in [0, 0.1) is 6.92 Å². The van der Waals surface area contributed by atoms with Gasteiger partial charge < -0.3 is 20.7 Å². The molecule has 0 unspecified atom stereocenters. The highest BCUT2D eigenvalue weighted by Crippen LogP contribution is 2.29. The number of aryl methyl sites for hydroxylation is 1. The minimum absolute atomic E-state index is 0.0633. The standard InChI is InChI=1S/C22H25N5O3S/c1-15-6-7-18-17(10-15)20(24-12-22(23)13-30-14-22)26-21(25-18)27-8-9-31(28,29)19-5-3-2-4-16(19)11-27/h2-7,10H,8-9,11-14,23H2,1H3,(H,24,25,26)/i12D2. The Morgan fingerprint density at radius 2 is 2.06 bits per heavy atom. The van der Waals surface area contributed by atoms with Crippen molar-refractivity contribution in [3.8, 4) is 0 Å². The lowest BCUT2D eigenvalue weighted by molar-refractivity contribution is -0.0461. The van der Waals surface area contributed by atoms with E-state index < -0.39 is 21.9 Å². The average Bonchev–Trinajstić information content (AvgIpc) is 2.88. The first kappa shape index (κ1) is 17.9. The van der Waals surface area contributed by atoms with Crippen LogP contribution in [0.2, 0.25) is 0 Å². The summed E-state index contributed by atoms with van der Waals surface area (Å²) in [6.45, 7) is 0.698. The number of nitrogens with zero attached hydrogens (tertiary/aromatic N) is 3. The molecule has 0 atom stereocenters. The SMILES string of the molecule is [2H]C([2H])(Nc1nc(N2CCS(=O)(=O)c3ccccc3C2)nc2ccc(C)cc12)C1(N)COC1. The van der Waals surface area contributed by atoms with Crippen LogP contribution in [0.1, 0.15) is 13.9 Å². The second-order valence-corrected chi connectivity index (χ2v) is 10.2. The van der Waals surface area contributed by atoms with E-state index >= 15 is 0 Å². The normalized spacial score (nSPS) is 20.8. The van der Waals surface area contributed by atoms with E-state index in [4.69, 9.17) is 18.2 Å². The van der Waals surface area contributed by atoms with Crippen LogP contribution in [0.3, 0.4) is 0 Å². The van der Waals surface area contributed by atoms with Crippen molar-refractivity contribution in [1.29, 1.82) is 0 Å². The van der Waals surface area contributed by atoms with Gasteiger partial charge in [0.2, 0.25) is 5.95 Å². The van der Waals surface area contributed by atoms with E-state index in [9.17, 15) is 8.42 Å². The lowest BCUT2D eigenvalue weighted by atomic mass is 9.99. The van der Waals surface area contributed by atoms with Gasteiger partial charge in [0.1, 0.15) is 5.82 Å². The second-order valence-electron chi connectivity index (χ2n) is 8.14. The molecule has 3 heterocycles. The van der Waals surface area contributed by atoms with Gasteiger partial charge in [0.05, 0.1) is 37.7 Å². The zero-order valence-electron chi connectivity index (χ0n) is 19.1. The van der Waals surface area contributed by atoms with Crippen molar-refractivity contribution < 1.29 is 15.9 Å². The van der Waals surface area contributed by atoms with E-state index in [0.717, 1.165) is 5.56 Å². The fraction of sp³-hybridized carbons (Fsp3) is 0.364. The molecule has 2 aliphatic rings. The Morgan fingerprint density at radius 1 is 1.26 bits per heavy atom. The highest BCUT2D eigenvalue weighted by Gasteiger charge is 2.34. The number of ether oxygens (including phenoxy) is 1. The van der Waals surface area contributed by atoms with Crippen LogP contribution in [-0.4, -0.2) is 55.9 Å². The molecule has 1 aromatic heterocycles. The zero-order chi connectivity index (χ0) is 23.4. The summed E-state index contributed by atoms with van der Waals surface area (Å²) < 4.78 is 47.8. The summed E-state index contributed by atoms with van der Waals surface area (Å²) in [6.07, 6.45) is 0. The molecule has 31 heavy (non-hydrogen) atoms. The predicted molar refractivity (Wildman–Crippen MR) is 120 cm³/mol. The van der Waals surface area contributed by atoms with Crippen molar-refractivity contribution in [3.05, 3.63) is 53.6 Å². The molecule has 0 bridgehead atoms. The molecular formula is C22H25N5O3S. The maximum Gasteiger partial charge on any atom is 0.228 e. The summed E-state index contributed by atoms with van der Waals surface area (Å²) in [4.78, 5) is 11.5. The molecule has 9 heteroatoms. The third kappa shape index (κ3) is 3.84. The first-order chi connectivity index (χ1) is 15.6. The van der Waals surface area contributed by atoms with Gasteiger partial charge in [-0.05, 0) is 30.7 Å². The van der Waals surface area contributed by atoms with Crippen molar-refractivity contribution >= 4 is 32.5 Å². The van der Waals surface area contributed by atoms with Crippen molar-refractivity contribution in [2.24, 2.45) is 5.73 Å². The fourth-order valence-corrected chi connectivity index (χ4v) is 5.28. The number of aromatic nitrogens is 2. The summed E-state index contributed by atoms with van der Waals surface area (Å²) in [7, 11) is -3.42. The minimum Gasteiger partial charge on any atom is -0.377 e. The van der Waals surface area contributed by atoms with Gasteiger partial charge in [0, 0.05) is 25.0 Å². The lowest BCUT2D eigenvalue weighted by Crippen LogP contribution is -2.61. The lowest BCUT2D eigenvalue weighted by Gasteiger charge is -2.38. The van der Waals surface area contributed by atoms with Crippen LogP contribution in [0.25, 0.3) is 10.9 Å². The van der Waals surface area contributed by atoms with Crippen LogP contribution in [-0.2, 0) is 21.1 Å². The van der Waals surface area contributed by atoms with Crippen LogP contribution < -0.4 is 16.0 Å². The molecule has 2 aromatic carbocycles. The molecule has 162 valence electrons. The Labute approximate surface area is 184 Å². The van der Waals surface area contributed by atoms with Gasteiger partial charge in [-0.15, -0.1) is 0 Å². The van der Waals surface area contributed by atoms with Gasteiger partial charge in [-0.1, -0.05) is 29.8 Å². The molecule has 3 N–H and O–H groups in total. The molecule has 8 nitrogen and oxygen atoms in total. The van der Waals surface area contributed by atoms with Crippen LogP contribution in [0.4, 0.5) is 11.8 Å². The largest absolute Gasteiger partial charge is 0.377 e. The first-order valence-corrected chi connectivity index (χ1v) is 11.7. The van der Waals surface area contributed by atoms with Crippen LogP contribution in [0.15, 0.2) is 47.4 Å². The third-order valence-corrected chi connectivity index (χ3v) is 7.36. The maximum absolute atomic E-state index is 12.8. The fourth-order valence-electron chi connectivity index (χ4n) is 3.78. The Bertz CT molecular complexity index is 1350. The molecule has 3 aromatic rings. The third-order valence-electron chi connectivity index (χ3n) is 5.57. The Balaban J connectivity index is 1.59. The maximum atomic E-state index is 12.8. The van der Waals surface area contributed by atoms with Crippen molar-refractivity contribution in [2.45, 2.75) is 23.9 Å². The van der Waals surface area contributed by atoms with E-state index in [1.54, 1.807) is 18.2 Å². The van der Waals surface area contributed by atoms with Gasteiger partial charge in [0.25, 0.3) is 0 Å². The quantitative estimate of drug-likeness (QED) is 0.631. The molecule has 0 amide bonds. The van der Waals surface area contributed by atoms with Crippen LogP contribution in [0.5, 0.6) is 0 Å². The monoisotopic (exact) mass is 441 g/mol. The molecule has 0 spiro atoms. The molecule has 0 saturated carbocycles. The Morgan fingerprint density at radius 3 is 2.84 bits per heavy atom. The molecule has 1 fully saturated rings. The number of rotatable bonds is 4. The molecule has 5 rings (SSSR count). The number of fused-ring (bicyclic) bond motifs is 2. The number of nitrogens with two attached hydrogens (primary N) is 1. The number of sulfone groups is 1. The summed E-state index contributed by atoms with van der Waals surface area (Å²) in [5.74, 6) is 0.569. The Hall–Kier alpha value is -2.75. The predicted octanol–water partition coefficient (Wildman–Crippen LogP) is 1.87. The summed E-state index contributed by atoms with van der Waals surface area (Å²) in [5, 5.41) is 3.56. The van der Waals surface area contributed by atoms with E-state index in [0.29, 0.717) is 39.7 Å². The summed E-state index contributed by atoms with van der Waals surface area (Å²) in [6, 6.07) is 12.6. The number of anilines is 2. The van der Waals surface area contributed by atoms with E-state index in [1.165, 1.54) is 0 Å². The number of hydrogen-bond acceptors (Lipinski definition) is 8. The zero-order valence-corrected chi connectivity index (χ0v) is 17.9. The number of benzene rings is 2. The topological polar surface area (TPSA) is 110 Å².